The molecule has 0 spiro atoms. The monoisotopic (exact) mass is 236 g/mol. The predicted molar refractivity (Wildman–Crippen MR) is 59.6 cm³/mol. The summed E-state index contributed by atoms with van der Waals surface area (Å²) < 4.78 is 27.7. The van der Waals surface area contributed by atoms with Gasteiger partial charge < -0.3 is 10.5 Å². The van der Waals surface area contributed by atoms with Crippen LogP contribution in [0.1, 0.15) is 6.92 Å². The minimum atomic E-state index is -2.82. The van der Waals surface area contributed by atoms with Gasteiger partial charge in [0.15, 0.2) is 9.84 Å². The van der Waals surface area contributed by atoms with E-state index in [4.69, 9.17) is 10.5 Å². The first-order chi connectivity index (χ1) is 6.93. The lowest BCUT2D eigenvalue weighted by Gasteiger charge is -2.42. The van der Waals surface area contributed by atoms with Gasteiger partial charge in [0, 0.05) is 26.7 Å². The number of hydrogen-bond donors (Lipinski definition) is 1. The summed E-state index contributed by atoms with van der Waals surface area (Å²) in [5, 5.41) is 0. The van der Waals surface area contributed by atoms with Gasteiger partial charge in [-0.1, -0.05) is 0 Å². The number of ether oxygens (including phenoxy) is 1. The molecule has 1 unspecified atom stereocenters. The third-order valence-electron chi connectivity index (χ3n) is 3.00. The van der Waals surface area contributed by atoms with E-state index in [0.29, 0.717) is 26.2 Å². The highest BCUT2D eigenvalue weighted by Crippen LogP contribution is 2.17. The average molecular weight is 236 g/mol. The third kappa shape index (κ3) is 3.14. The molecule has 6 heteroatoms. The highest BCUT2D eigenvalue weighted by molar-refractivity contribution is 7.91. The zero-order valence-electron chi connectivity index (χ0n) is 9.40. The van der Waals surface area contributed by atoms with E-state index in [9.17, 15) is 8.42 Å². The van der Waals surface area contributed by atoms with Crippen molar-refractivity contribution in [3.8, 4) is 0 Å². The highest BCUT2D eigenvalue weighted by atomic mass is 32.2. The maximum atomic E-state index is 11.3. The molecular formula is C9H20N2O3S. The van der Waals surface area contributed by atoms with E-state index < -0.39 is 9.84 Å². The molecule has 1 heterocycles. The van der Waals surface area contributed by atoms with Gasteiger partial charge >= 0.3 is 0 Å². The largest absolute Gasteiger partial charge is 0.383 e. The van der Waals surface area contributed by atoms with Gasteiger partial charge in [0.1, 0.15) is 0 Å². The number of hydrogen-bond acceptors (Lipinski definition) is 5. The first-order valence-electron chi connectivity index (χ1n) is 5.08. The SMILES string of the molecule is COCC(C)(CN)N1CCS(=O)(=O)CC1. The van der Waals surface area contributed by atoms with Crippen molar-refractivity contribution in [3.05, 3.63) is 0 Å². The van der Waals surface area contributed by atoms with Crippen LogP contribution >= 0.6 is 0 Å². The molecule has 0 aromatic rings. The van der Waals surface area contributed by atoms with Gasteiger partial charge in [-0.05, 0) is 6.92 Å². The summed E-state index contributed by atoms with van der Waals surface area (Å²) in [5.74, 6) is 0.457. The van der Waals surface area contributed by atoms with Gasteiger partial charge in [0.05, 0.1) is 23.7 Å². The van der Waals surface area contributed by atoms with Crippen molar-refractivity contribution in [2.24, 2.45) is 5.73 Å². The van der Waals surface area contributed by atoms with Crippen LogP contribution in [0.25, 0.3) is 0 Å². The van der Waals surface area contributed by atoms with Crippen LogP contribution in [0, 0.1) is 0 Å². The Morgan fingerprint density at radius 3 is 2.33 bits per heavy atom. The second kappa shape index (κ2) is 4.78. The van der Waals surface area contributed by atoms with Gasteiger partial charge in [-0.3, -0.25) is 4.90 Å². The Bertz CT molecular complexity index is 290. The molecule has 0 radical (unpaired) electrons. The Hall–Kier alpha value is -0.170. The number of nitrogens with two attached hydrogens (primary N) is 1. The molecule has 1 fully saturated rings. The maximum Gasteiger partial charge on any atom is 0.152 e. The molecule has 5 nitrogen and oxygen atoms in total. The Morgan fingerprint density at radius 1 is 1.40 bits per heavy atom. The van der Waals surface area contributed by atoms with E-state index >= 15 is 0 Å². The van der Waals surface area contributed by atoms with Gasteiger partial charge in [-0.15, -0.1) is 0 Å². The van der Waals surface area contributed by atoms with Gasteiger partial charge in [0.2, 0.25) is 0 Å². The number of nitrogens with zero attached hydrogens (tertiary/aromatic N) is 1. The molecule has 0 bridgehead atoms. The number of sulfone groups is 1. The van der Waals surface area contributed by atoms with E-state index in [1.54, 1.807) is 7.11 Å². The number of methoxy groups -OCH3 is 1. The molecule has 1 atom stereocenters. The first kappa shape index (κ1) is 12.9. The Labute approximate surface area is 91.5 Å². The number of rotatable bonds is 4. The second-order valence-corrected chi connectivity index (χ2v) is 6.58. The maximum absolute atomic E-state index is 11.3. The van der Waals surface area contributed by atoms with Crippen LogP contribution in [-0.2, 0) is 14.6 Å². The summed E-state index contributed by atoms with van der Waals surface area (Å²) in [5.41, 5.74) is 5.48. The summed E-state index contributed by atoms with van der Waals surface area (Å²) in [4.78, 5) is 2.11. The summed E-state index contributed by atoms with van der Waals surface area (Å²) in [6.07, 6.45) is 0. The minimum absolute atomic E-state index is 0.228. The third-order valence-corrected chi connectivity index (χ3v) is 4.61. The molecule has 2 N–H and O–H groups in total. The topological polar surface area (TPSA) is 72.6 Å². The lowest BCUT2D eigenvalue weighted by Crippen LogP contribution is -2.59. The van der Waals surface area contributed by atoms with Crippen LogP contribution in [0.2, 0.25) is 0 Å². The van der Waals surface area contributed by atoms with Crippen LogP contribution in [-0.4, -0.2) is 63.7 Å². The summed E-state index contributed by atoms with van der Waals surface area (Å²) >= 11 is 0. The Morgan fingerprint density at radius 2 is 1.93 bits per heavy atom. The molecule has 0 aliphatic carbocycles. The van der Waals surface area contributed by atoms with E-state index in [2.05, 4.69) is 4.90 Å². The fourth-order valence-electron chi connectivity index (χ4n) is 1.84. The van der Waals surface area contributed by atoms with Gasteiger partial charge in [-0.2, -0.15) is 0 Å². The molecule has 0 amide bonds. The zero-order chi connectivity index (χ0) is 11.5. The Balaban J connectivity index is 2.64. The van der Waals surface area contributed by atoms with Crippen molar-refractivity contribution in [2.75, 3.05) is 44.9 Å². The molecule has 1 saturated heterocycles. The molecule has 1 aliphatic heterocycles. The van der Waals surface area contributed by atoms with Gasteiger partial charge in [0.25, 0.3) is 0 Å². The van der Waals surface area contributed by atoms with Crippen molar-refractivity contribution in [3.63, 3.8) is 0 Å². The predicted octanol–water partition coefficient (Wildman–Crippen LogP) is -0.919. The molecule has 0 aromatic carbocycles. The fraction of sp³-hybridized carbons (Fsp3) is 1.00. The molecule has 1 rings (SSSR count). The highest BCUT2D eigenvalue weighted by Gasteiger charge is 2.34. The second-order valence-electron chi connectivity index (χ2n) is 4.27. The summed E-state index contributed by atoms with van der Waals surface area (Å²) in [6, 6.07) is 0. The van der Waals surface area contributed by atoms with Crippen LogP contribution in [0.5, 0.6) is 0 Å². The minimum Gasteiger partial charge on any atom is -0.383 e. The van der Waals surface area contributed by atoms with Crippen LogP contribution in [0.3, 0.4) is 0 Å². The normalized spacial score (nSPS) is 26.1. The van der Waals surface area contributed by atoms with E-state index in [1.165, 1.54) is 0 Å². The van der Waals surface area contributed by atoms with Crippen molar-refractivity contribution in [1.82, 2.24) is 4.90 Å². The lowest BCUT2D eigenvalue weighted by atomic mass is 10.0. The lowest BCUT2D eigenvalue weighted by molar-refractivity contribution is 0.0324. The molecule has 15 heavy (non-hydrogen) atoms. The van der Waals surface area contributed by atoms with Crippen molar-refractivity contribution < 1.29 is 13.2 Å². The molecule has 0 aromatic heterocycles. The Kier molecular flexibility index (Phi) is 4.11. The van der Waals surface area contributed by atoms with Gasteiger partial charge in [-0.25, -0.2) is 8.42 Å². The van der Waals surface area contributed by atoms with E-state index in [0.717, 1.165) is 0 Å². The molecular weight excluding hydrogens is 216 g/mol. The summed E-state index contributed by atoms with van der Waals surface area (Å²) in [7, 11) is -1.19. The van der Waals surface area contributed by atoms with Crippen LogP contribution in [0.15, 0.2) is 0 Å². The van der Waals surface area contributed by atoms with Crippen molar-refractivity contribution >= 4 is 9.84 Å². The molecule has 90 valence electrons. The fourth-order valence-corrected chi connectivity index (χ4v) is 3.04. The van der Waals surface area contributed by atoms with Crippen LogP contribution in [0.4, 0.5) is 0 Å². The van der Waals surface area contributed by atoms with Crippen LogP contribution < -0.4 is 5.73 Å². The molecule has 1 aliphatic rings. The summed E-state index contributed by atoms with van der Waals surface area (Å²) in [6.45, 7) is 4.12. The molecule has 0 saturated carbocycles. The van der Waals surface area contributed by atoms with Crippen molar-refractivity contribution in [1.29, 1.82) is 0 Å². The quantitative estimate of drug-likeness (QED) is 0.683. The smallest absolute Gasteiger partial charge is 0.152 e. The zero-order valence-corrected chi connectivity index (χ0v) is 10.2. The average Bonchev–Trinajstić information content (AvgIpc) is 2.17. The van der Waals surface area contributed by atoms with Crippen molar-refractivity contribution in [2.45, 2.75) is 12.5 Å². The van der Waals surface area contributed by atoms with E-state index in [1.807, 2.05) is 6.92 Å². The van der Waals surface area contributed by atoms with E-state index in [-0.39, 0.29) is 17.0 Å². The standard InChI is InChI=1S/C9H20N2O3S/c1-9(7-10,8-14-2)11-3-5-15(12,13)6-4-11/h3-8,10H2,1-2H3. The first-order valence-corrected chi connectivity index (χ1v) is 6.90.